The van der Waals surface area contributed by atoms with Crippen molar-refractivity contribution in [2.75, 3.05) is 24.4 Å². The van der Waals surface area contributed by atoms with Gasteiger partial charge in [0.15, 0.2) is 0 Å². The molecular formula is C21H26N2O3S. The van der Waals surface area contributed by atoms with E-state index in [9.17, 15) is 9.59 Å². The summed E-state index contributed by atoms with van der Waals surface area (Å²) in [4.78, 5) is 28.1. The molecule has 1 aromatic heterocycles. The predicted octanol–water partition coefficient (Wildman–Crippen LogP) is 4.48. The van der Waals surface area contributed by atoms with Gasteiger partial charge >= 0.3 is 5.97 Å². The molecule has 1 amide bonds. The molecular weight excluding hydrogens is 360 g/mol. The predicted molar refractivity (Wildman–Crippen MR) is 110 cm³/mol. The molecule has 1 saturated carbocycles. The average molecular weight is 387 g/mol. The Morgan fingerprint density at radius 2 is 1.96 bits per heavy atom. The summed E-state index contributed by atoms with van der Waals surface area (Å²) in [7, 11) is 3.39. The molecule has 1 fully saturated rings. The Kier molecular flexibility index (Phi) is 6.50. The highest BCUT2D eigenvalue weighted by Gasteiger charge is 2.25. The van der Waals surface area contributed by atoms with Crippen molar-refractivity contribution in [1.29, 1.82) is 0 Å². The number of hydrogen-bond donors (Lipinski definition) is 1. The van der Waals surface area contributed by atoms with E-state index in [1.54, 1.807) is 23.5 Å². The van der Waals surface area contributed by atoms with Gasteiger partial charge in [0.05, 0.1) is 30.5 Å². The molecule has 0 unspecified atom stereocenters. The Morgan fingerprint density at radius 3 is 2.63 bits per heavy atom. The molecule has 1 aliphatic carbocycles. The third-order valence-corrected chi connectivity index (χ3v) is 5.98. The molecule has 5 nitrogen and oxygen atoms in total. The molecule has 27 heavy (non-hydrogen) atoms. The minimum atomic E-state index is -0.387. The summed E-state index contributed by atoms with van der Waals surface area (Å²) in [5, 5.41) is 4.97. The Labute approximate surface area is 164 Å². The number of para-hydroxylation sites is 1. The van der Waals surface area contributed by atoms with E-state index in [1.807, 2.05) is 30.6 Å². The molecule has 0 bridgehead atoms. The fourth-order valence-corrected chi connectivity index (χ4v) is 4.42. The number of hydrogen-bond acceptors (Lipinski definition) is 5. The van der Waals surface area contributed by atoms with Crippen molar-refractivity contribution in [3.63, 3.8) is 0 Å². The summed E-state index contributed by atoms with van der Waals surface area (Å²) in [6, 6.07) is 9.64. The number of nitrogens with zero attached hydrogens (tertiary/aromatic N) is 1. The van der Waals surface area contributed by atoms with Crippen molar-refractivity contribution in [2.24, 2.45) is 0 Å². The molecule has 1 heterocycles. The van der Waals surface area contributed by atoms with Crippen molar-refractivity contribution < 1.29 is 14.3 Å². The van der Waals surface area contributed by atoms with Crippen LogP contribution in [0.4, 0.5) is 11.4 Å². The van der Waals surface area contributed by atoms with Crippen LogP contribution in [0, 0.1) is 0 Å². The highest BCUT2D eigenvalue weighted by atomic mass is 32.1. The van der Waals surface area contributed by atoms with Crippen LogP contribution in [0.1, 0.15) is 47.3 Å². The number of carbonyl (C=O) groups is 2. The van der Waals surface area contributed by atoms with E-state index >= 15 is 0 Å². The van der Waals surface area contributed by atoms with E-state index in [0.717, 1.165) is 23.4 Å². The molecule has 1 aliphatic rings. The monoisotopic (exact) mass is 386 g/mol. The van der Waals surface area contributed by atoms with Crippen molar-refractivity contribution in [1.82, 2.24) is 0 Å². The van der Waals surface area contributed by atoms with Crippen LogP contribution in [0.25, 0.3) is 0 Å². The maximum Gasteiger partial charge on any atom is 0.340 e. The first-order valence-electron chi connectivity index (χ1n) is 9.36. The van der Waals surface area contributed by atoms with E-state index in [1.165, 1.54) is 26.4 Å². The number of nitrogens with one attached hydrogen (secondary N) is 1. The number of ether oxygens (including phenoxy) is 1. The molecule has 0 radical (unpaired) electrons. The van der Waals surface area contributed by atoms with E-state index < -0.39 is 0 Å². The lowest BCUT2D eigenvalue weighted by atomic mass is 9.93. The first kappa shape index (κ1) is 19.4. The second-order valence-corrected chi connectivity index (χ2v) is 7.93. The van der Waals surface area contributed by atoms with Crippen LogP contribution in [0.2, 0.25) is 0 Å². The molecule has 6 heteroatoms. The molecule has 1 N–H and O–H groups in total. The number of amides is 1. The van der Waals surface area contributed by atoms with E-state index in [-0.39, 0.29) is 11.9 Å². The topological polar surface area (TPSA) is 58.6 Å². The van der Waals surface area contributed by atoms with Crippen LogP contribution in [-0.2, 0) is 16.0 Å². The van der Waals surface area contributed by atoms with Gasteiger partial charge in [0.1, 0.15) is 0 Å². The number of esters is 1. The molecule has 144 valence electrons. The highest BCUT2D eigenvalue weighted by molar-refractivity contribution is 7.10. The Hall–Kier alpha value is -2.34. The van der Waals surface area contributed by atoms with Crippen molar-refractivity contribution in [2.45, 2.75) is 44.6 Å². The van der Waals surface area contributed by atoms with Crippen LogP contribution in [-0.4, -0.2) is 32.1 Å². The second kappa shape index (κ2) is 9.04. The van der Waals surface area contributed by atoms with Gasteiger partial charge in [-0.2, -0.15) is 0 Å². The number of anilines is 2. The van der Waals surface area contributed by atoms with E-state index in [4.69, 9.17) is 4.74 Å². The second-order valence-electron chi connectivity index (χ2n) is 6.90. The Bertz CT molecular complexity index is 783. The SMILES string of the molecule is COC(=O)c1cccc(NC(=O)Cc2cccs2)c1N(C)C1CCCCC1. The molecule has 0 aliphatic heterocycles. The van der Waals surface area contributed by atoms with Crippen LogP contribution in [0.3, 0.4) is 0 Å². The van der Waals surface area contributed by atoms with Crippen LogP contribution < -0.4 is 10.2 Å². The number of rotatable bonds is 6. The maximum absolute atomic E-state index is 12.5. The fraction of sp³-hybridized carbons (Fsp3) is 0.429. The average Bonchev–Trinajstić information content (AvgIpc) is 3.20. The van der Waals surface area contributed by atoms with E-state index in [0.29, 0.717) is 23.7 Å². The van der Waals surface area contributed by atoms with Crippen molar-refractivity contribution in [3.05, 3.63) is 46.2 Å². The third-order valence-electron chi connectivity index (χ3n) is 5.11. The van der Waals surface area contributed by atoms with Crippen molar-refractivity contribution >= 4 is 34.6 Å². The molecule has 0 spiro atoms. The summed E-state index contributed by atoms with van der Waals surface area (Å²) in [6.07, 6.45) is 6.15. The minimum Gasteiger partial charge on any atom is -0.465 e. The van der Waals surface area contributed by atoms with Gasteiger partial charge in [-0.1, -0.05) is 31.4 Å². The molecule has 0 atom stereocenters. The van der Waals surface area contributed by atoms with E-state index in [2.05, 4.69) is 10.2 Å². The lowest BCUT2D eigenvalue weighted by molar-refractivity contribution is -0.115. The zero-order chi connectivity index (χ0) is 19.2. The molecule has 3 rings (SSSR count). The molecule has 2 aromatic rings. The summed E-state index contributed by atoms with van der Waals surface area (Å²) in [5.41, 5.74) is 1.89. The zero-order valence-electron chi connectivity index (χ0n) is 15.9. The summed E-state index contributed by atoms with van der Waals surface area (Å²) in [5.74, 6) is -0.472. The summed E-state index contributed by atoms with van der Waals surface area (Å²) < 4.78 is 4.98. The zero-order valence-corrected chi connectivity index (χ0v) is 16.7. The number of carbonyl (C=O) groups excluding carboxylic acids is 2. The van der Waals surface area contributed by atoms with Crippen LogP contribution in [0.15, 0.2) is 35.7 Å². The molecule has 0 saturated heterocycles. The van der Waals surface area contributed by atoms with Gasteiger partial charge in [-0.3, -0.25) is 4.79 Å². The molecule has 1 aromatic carbocycles. The standard InChI is InChI=1S/C21H26N2O3S/c1-23(15-8-4-3-5-9-15)20-17(21(25)26-2)11-6-12-18(20)22-19(24)14-16-10-7-13-27-16/h6-7,10-13,15H,3-5,8-9,14H2,1-2H3,(H,22,24). The first-order chi connectivity index (χ1) is 13.1. The number of methoxy groups -OCH3 is 1. The quantitative estimate of drug-likeness (QED) is 0.744. The lowest BCUT2D eigenvalue weighted by Crippen LogP contribution is -2.35. The highest BCUT2D eigenvalue weighted by Crippen LogP contribution is 2.35. The van der Waals surface area contributed by atoms with Gasteiger partial charge in [0.25, 0.3) is 0 Å². The smallest absolute Gasteiger partial charge is 0.340 e. The maximum atomic E-state index is 12.5. The summed E-state index contributed by atoms with van der Waals surface area (Å²) >= 11 is 1.56. The lowest BCUT2D eigenvalue weighted by Gasteiger charge is -2.35. The van der Waals surface area contributed by atoms with Crippen LogP contribution >= 0.6 is 11.3 Å². The normalized spacial score (nSPS) is 14.6. The third kappa shape index (κ3) is 4.69. The Balaban J connectivity index is 1.89. The van der Waals surface area contributed by atoms with Gasteiger partial charge in [0.2, 0.25) is 5.91 Å². The van der Waals surface area contributed by atoms with Gasteiger partial charge in [-0.25, -0.2) is 4.79 Å². The van der Waals surface area contributed by atoms with Gasteiger partial charge in [-0.15, -0.1) is 11.3 Å². The largest absolute Gasteiger partial charge is 0.465 e. The fourth-order valence-electron chi connectivity index (χ4n) is 3.72. The van der Waals surface area contributed by atoms with Gasteiger partial charge < -0.3 is 15.0 Å². The number of benzene rings is 1. The van der Waals surface area contributed by atoms with Gasteiger partial charge in [0, 0.05) is 18.0 Å². The minimum absolute atomic E-state index is 0.0854. The summed E-state index contributed by atoms with van der Waals surface area (Å²) in [6.45, 7) is 0. The van der Waals surface area contributed by atoms with Crippen LogP contribution in [0.5, 0.6) is 0 Å². The Morgan fingerprint density at radius 1 is 1.19 bits per heavy atom. The first-order valence-corrected chi connectivity index (χ1v) is 10.2. The van der Waals surface area contributed by atoms with Crippen molar-refractivity contribution in [3.8, 4) is 0 Å². The van der Waals surface area contributed by atoms with Gasteiger partial charge in [-0.05, 0) is 36.4 Å². The number of thiophene rings is 1.